The van der Waals surface area contributed by atoms with Crippen LogP contribution in [0.1, 0.15) is 23.7 Å². The second-order valence-corrected chi connectivity index (χ2v) is 4.45. The first-order valence-electron chi connectivity index (χ1n) is 5.80. The number of ether oxygens (including phenoxy) is 1. The van der Waals surface area contributed by atoms with E-state index in [2.05, 4.69) is 0 Å². The first-order valence-corrected chi connectivity index (χ1v) is 6.21. The maximum absolute atomic E-state index is 12.3. The van der Waals surface area contributed by atoms with E-state index in [0.29, 0.717) is 29.4 Å². The summed E-state index contributed by atoms with van der Waals surface area (Å²) in [7, 11) is 1.57. The minimum atomic E-state index is -0.0800. The number of carbonyl (C=O) groups is 1. The Morgan fingerprint density at radius 3 is 2.78 bits per heavy atom. The summed E-state index contributed by atoms with van der Waals surface area (Å²) >= 11 is 4.86. The number of amides is 1. The van der Waals surface area contributed by atoms with Crippen LogP contribution in [0.25, 0.3) is 0 Å². The Kier molecular flexibility index (Phi) is 5.58. The van der Waals surface area contributed by atoms with E-state index < -0.39 is 0 Å². The summed E-state index contributed by atoms with van der Waals surface area (Å²) < 4.78 is 5.10. The molecule has 0 aromatic heterocycles. The van der Waals surface area contributed by atoms with Gasteiger partial charge >= 0.3 is 0 Å². The Morgan fingerprint density at radius 1 is 1.50 bits per heavy atom. The Morgan fingerprint density at radius 2 is 2.22 bits per heavy atom. The van der Waals surface area contributed by atoms with Crippen LogP contribution >= 0.6 is 12.2 Å². The second kappa shape index (κ2) is 6.96. The number of nitrogens with zero attached hydrogens (tertiary/aromatic N) is 1. The molecule has 18 heavy (non-hydrogen) atoms. The molecule has 0 aliphatic rings. The molecule has 1 aromatic carbocycles. The van der Waals surface area contributed by atoms with Crippen molar-refractivity contribution in [3.05, 3.63) is 29.8 Å². The molecular weight excluding hydrogens is 248 g/mol. The Balaban J connectivity index is 2.89. The molecule has 0 saturated carbocycles. The highest BCUT2D eigenvalue weighted by atomic mass is 32.1. The molecule has 0 atom stereocenters. The number of hydrogen-bond donors (Lipinski definition) is 1. The Hall–Kier alpha value is -1.62. The van der Waals surface area contributed by atoms with E-state index >= 15 is 0 Å². The van der Waals surface area contributed by atoms with Crippen molar-refractivity contribution in [2.45, 2.75) is 13.3 Å². The van der Waals surface area contributed by atoms with Gasteiger partial charge in [0.1, 0.15) is 5.75 Å². The molecule has 1 aromatic rings. The number of thiocarbonyl (C=S) groups is 1. The van der Waals surface area contributed by atoms with Crippen molar-refractivity contribution in [2.75, 3.05) is 20.2 Å². The van der Waals surface area contributed by atoms with Crippen LogP contribution in [0.3, 0.4) is 0 Å². The predicted molar refractivity (Wildman–Crippen MR) is 76.0 cm³/mol. The van der Waals surface area contributed by atoms with Crippen LogP contribution < -0.4 is 10.5 Å². The number of nitrogens with two attached hydrogens (primary N) is 1. The highest BCUT2D eigenvalue weighted by molar-refractivity contribution is 7.80. The molecule has 1 rings (SSSR count). The highest BCUT2D eigenvalue weighted by Crippen LogP contribution is 2.14. The molecule has 1 amide bonds. The third-order valence-electron chi connectivity index (χ3n) is 2.44. The van der Waals surface area contributed by atoms with Gasteiger partial charge in [-0.2, -0.15) is 0 Å². The van der Waals surface area contributed by atoms with Gasteiger partial charge in [0.15, 0.2) is 0 Å². The molecule has 0 fully saturated rings. The minimum absolute atomic E-state index is 0.0800. The standard InChI is InChI=1S/C13H18N2O2S/c1-3-7-15(9-12(14)18)13(16)10-5-4-6-11(8-10)17-2/h4-6,8H,3,7,9H2,1-2H3,(H2,14,18). The fourth-order valence-corrected chi connectivity index (χ4v) is 1.80. The topological polar surface area (TPSA) is 55.6 Å². The first kappa shape index (κ1) is 14.4. The number of hydrogen-bond acceptors (Lipinski definition) is 3. The Labute approximate surface area is 113 Å². The zero-order chi connectivity index (χ0) is 13.5. The third kappa shape index (κ3) is 4.00. The van der Waals surface area contributed by atoms with E-state index in [9.17, 15) is 4.79 Å². The zero-order valence-electron chi connectivity index (χ0n) is 10.7. The van der Waals surface area contributed by atoms with E-state index in [1.165, 1.54) is 0 Å². The van der Waals surface area contributed by atoms with Crippen LogP contribution in [0.15, 0.2) is 24.3 Å². The van der Waals surface area contributed by atoms with Gasteiger partial charge in [-0.25, -0.2) is 0 Å². The molecule has 5 heteroatoms. The van der Waals surface area contributed by atoms with E-state index in [4.69, 9.17) is 22.7 Å². The van der Waals surface area contributed by atoms with E-state index in [1.54, 1.807) is 36.3 Å². The summed E-state index contributed by atoms with van der Waals surface area (Å²) in [6.45, 7) is 2.94. The Bertz CT molecular complexity index is 435. The van der Waals surface area contributed by atoms with E-state index in [0.717, 1.165) is 6.42 Å². The van der Waals surface area contributed by atoms with Gasteiger partial charge in [0.2, 0.25) is 0 Å². The molecule has 0 aliphatic heterocycles. The molecule has 0 bridgehead atoms. The van der Waals surface area contributed by atoms with Crippen LogP contribution in [0.2, 0.25) is 0 Å². The molecule has 4 nitrogen and oxygen atoms in total. The number of rotatable bonds is 6. The van der Waals surface area contributed by atoms with Crippen molar-refractivity contribution in [3.8, 4) is 5.75 Å². The van der Waals surface area contributed by atoms with Gasteiger partial charge in [-0.3, -0.25) is 4.79 Å². The molecule has 0 saturated heterocycles. The first-order chi connectivity index (χ1) is 8.58. The van der Waals surface area contributed by atoms with Crippen molar-refractivity contribution >= 4 is 23.1 Å². The molecule has 0 heterocycles. The normalized spacial score (nSPS) is 9.89. The highest BCUT2D eigenvalue weighted by Gasteiger charge is 2.16. The predicted octanol–water partition coefficient (Wildman–Crippen LogP) is 1.83. The van der Waals surface area contributed by atoms with Crippen LogP contribution in [-0.2, 0) is 0 Å². The maximum Gasteiger partial charge on any atom is 0.254 e. The minimum Gasteiger partial charge on any atom is -0.497 e. The molecule has 2 N–H and O–H groups in total. The summed E-state index contributed by atoms with van der Waals surface area (Å²) in [6, 6.07) is 7.06. The number of carbonyl (C=O) groups excluding carboxylic acids is 1. The van der Waals surface area contributed by atoms with Crippen LogP contribution in [0, 0.1) is 0 Å². The molecular formula is C13H18N2O2S. The average molecular weight is 266 g/mol. The molecule has 0 spiro atoms. The van der Waals surface area contributed by atoms with Gasteiger partial charge in [0.05, 0.1) is 18.6 Å². The van der Waals surface area contributed by atoms with Crippen molar-refractivity contribution in [3.63, 3.8) is 0 Å². The van der Waals surface area contributed by atoms with Crippen LogP contribution in [-0.4, -0.2) is 36.0 Å². The van der Waals surface area contributed by atoms with E-state index in [-0.39, 0.29) is 5.91 Å². The van der Waals surface area contributed by atoms with Gasteiger partial charge in [0, 0.05) is 12.1 Å². The summed E-state index contributed by atoms with van der Waals surface area (Å²) in [5, 5.41) is 0. The van der Waals surface area contributed by atoms with Crippen LogP contribution in [0.4, 0.5) is 0 Å². The summed E-state index contributed by atoms with van der Waals surface area (Å²) in [6.07, 6.45) is 0.859. The van der Waals surface area contributed by atoms with Crippen molar-refractivity contribution in [2.24, 2.45) is 5.73 Å². The third-order valence-corrected chi connectivity index (χ3v) is 2.57. The molecule has 98 valence electrons. The lowest BCUT2D eigenvalue weighted by Crippen LogP contribution is -2.38. The summed E-state index contributed by atoms with van der Waals surface area (Å²) in [5.41, 5.74) is 6.09. The smallest absolute Gasteiger partial charge is 0.254 e. The molecule has 0 radical (unpaired) electrons. The fraction of sp³-hybridized carbons (Fsp3) is 0.385. The van der Waals surface area contributed by atoms with Crippen LogP contribution in [0.5, 0.6) is 5.75 Å². The zero-order valence-corrected chi connectivity index (χ0v) is 11.5. The van der Waals surface area contributed by atoms with E-state index in [1.807, 2.05) is 6.92 Å². The largest absolute Gasteiger partial charge is 0.497 e. The molecule has 0 unspecified atom stereocenters. The molecule has 0 aliphatic carbocycles. The lowest BCUT2D eigenvalue weighted by molar-refractivity contribution is 0.0779. The number of benzene rings is 1. The van der Waals surface area contributed by atoms with Gasteiger partial charge in [-0.05, 0) is 24.6 Å². The van der Waals surface area contributed by atoms with Gasteiger partial charge in [0.25, 0.3) is 5.91 Å². The quantitative estimate of drug-likeness (QED) is 0.798. The van der Waals surface area contributed by atoms with Crippen molar-refractivity contribution in [1.82, 2.24) is 4.90 Å². The lowest BCUT2D eigenvalue weighted by atomic mass is 10.2. The van der Waals surface area contributed by atoms with Gasteiger partial charge in [-0.1, -0.05) is 25.2 Å². The SMILES string of the molecule is CCCN(CC(N)=S)C(=O)c1cccc(OC)c1. The lowest BCUT2D eigenvalue weighted by Gasteiger charge is -2.21. The van der Waals surface area contributed by atoms with Gasteiger partial charge < -0.3 is 15.4 Å². The average Bonchev–Trinajstić information content (AvgIpc) is 2.37. The second-order valence-electron chi connectivity index (χ2n) is 3.92. The van der Waals surface area contributed by atoms with Crippen molar-refractivity contribution < 1.29 is 9.53 Å². The summed E-state index contributed by atoms with van der Waals surface area (Å²) in [5.74, 6) is 0.580. The maximum atomic E-state index is 12.3. The summed E-state index contributed by atoms with van der Waals surface area (Å²) in [4.78, 5) is 14.3. The number of methoxy groups -OCH3 is 1. The monoisotopic (exact) mass is 266 g/mol. The van der Waals surface area contributed by atoms with Gasteiger partial charge in [-0.15, -0.1) is 0 Å². The fourth-order valence-electron chi connectivity index (χ4n) is 1.65. The van der Waals surface area contributed by atoms with Crippen molar-refractivity contribution in [1.29, 1.82) is 0 Å².